The Morgan fingerprint density at radius 1 is 0.848 bits per heavy atom. The summed E-state index contributed by atoms with van der Waals surface area (Å²) in [6.07, 6.45) is 3.93. The average molecular weight is 472 g/mol. The summed E-state index contributed by atoms with van der Waals surface area (Å²) in [6.45, 7) is 5.71. The number of hydrogen-bond donors (Lipinski definition) is 1. The van der Waals surface area contributed by atoms with Crippen molar-refractivity contribution in [2.24, 2.45) is 0 Å². The number of nitrogens with one attached hydrogen (secondary N) is 1. The second kappa shape index (κ2) is 11.2. The lowest BCUT2D eigenvalue weighted by molar-refractivity contribution is 0.0340. The van der Waals surface area contributed by atoms with Gasteiger partial charge in [-0.1, -0.05) is 37.1 Å². The number of hydrogen-bond acceptors (Lipinski definition) is 5. The Morgan fingerprint density at radius 3 is 2.15 bits per heavy atom. The van der Waals surface area contributed by atoms with Crippen molar-refractivity contribution in [3.8, 4) is 0 Å². The number of carbonyl (C=O) groups excluding carboxylic acids is 1. The van der Waals surface area contributed by atoms with Crippen LogP contribution in [0.15, 0.2) is 53.4 Å². The third-order valence-corrected chi connectivity index (χ3v) is 8.29. The molecule has 7 nitrogen and oxygen atoms in total. The van der Waals surface area contributed by atoms with E-state index < -0.39 is 10.0 Å². The predicted octanol–water partition coefficient (Wildman–Crippen LogP) is 3.01. The molecule has 0 aromatic heterocycles. The SMILES string of the molecule is O=C(NCc1ccccc1CN1CCOCC1)c1ccc(S(=O)(=O)N2CCCCCC2)cc1. The van der Waals surface area contributed by atoms with E-state index in [-0.39, 0.29) is 10.8 Å². The van der Waals surface area contributed by atoms with Crippen LogP contribution in [0.4, 0.5) is 0 Å². The molecule has 8 heteroatoms. The van der Waals surface area contributed by atoms with E-state index in [1.807, 2.05) is 18.2 Å². The fourth-order valence-corrected chi connectivity index (χ4v) is 5.89. The van der Waals surface area contributed by atoms with Gasteiger partial charge in [0.2, 0.25) is 10.0 Å². The molecule has 0 spiro atoms. The molecule has 2 aliphatic rings. The monoisotopic (exact) mass is 471 g/mol. The fraction of sp³-hybridized carbons (Fsp3) is 0.480. The van der Waals surface area contributed by atoms with E-state index >= 15 is 0 Å². The Kier molecular flexibility index (Phi) is 8.14. The maximum Gasteiger partial charge on any atom is 0.251 e. The molecule has 1 amide bonds. The van der Waals surface area contributed by atoms with Crippen LogP contribution in [0.5, 0.6) is 0 Å². The molecule has 2 aliphatic heterocycles. The average Bonchev–Trinajstić information content (AvgIpc) is 3.14. The van der Waals surface area contributed by atoms with Crippen LogP contribution in [-0.4, -0.2) is 62.9 Å². The molecule has 0 atom stereocenters. The number of amides is 1. The molecule has 0 aliphatic carbocycles. The summed E-state index contributed by atoms with van der Waals surface area (Å²) in [5.74, 6) is -0.213. The number of rotatable bonds is 7. The largest absolute Gasteiger partial charge is 0.379 e. The molecule has 0 unspecified atom stereocenters. The van der Waals surface area contributed by atoms with E-state index in [4.69, 9.17) is 4.74 Å². The summed E-state index contributed by atoms with van der Waals surface area (Å²) in [6, 6.07) is 14.4. The van der Waals surface area contributed by atoms with Gasteiger partial charge in [-0.15, -0.1) is 0 Å². The van der Waals surface area contributed by atoms with E-state index in [2.05, 4.69) is 16.3 Å². The normalized spacial score (nSPS) is 18.5. The highest BCUT2D eigenvalue weighted by molar-refractivity contribution is 7.89. The Labute approximate surface area is 196 Å². The first-order valence-corrected chi connectivity index (χ1v) is 13.2. The van der Waals surface area contributed by atoms with Crippen molar-refractivity contribution in [1.82, 2.24) is 14.5 Å². The van der Waals surface area contributed by atoms with Crippen molar-refractivity contribution < 1.29 is 17.9 Å². The zero-order valence-corrected chi connectivity index (χ0v) is 19.9. The molecule has 0 saturated carbocycles. The van der Waals surface area contributed by atoms with Crippen LogP contribution < -0.4 is 5.32 Å². The molecule has 2 saturated heterocycles. The van der Waals surface area contributed by atoms with Crippen molar-refractivity contribution in [2.75, 3.05) is 39.4 Å². The standard InChI is InChI=1S/C25H33N3O4S/c29-25(26-19-22-7-3-4-8-23(22)20-27-15-17-32-18-16-27)21-9-11-24(12-10-21)33(30,31)28-13-5-1-2-6-14-28/h3-4,7-12H,1-2,5-6,13-20H2,(H,26,29). The van der Waals surface area contributed by atoms with E-state index in [1.165, 1.54) is 5.56 Å². The minimum Gasteiger partial charge on any atom is -0.379 e. The van der Waals surface area contributed by atoms with Crippen molar-refractivity contribution in [2.45, 2.75) is 43.7 Å². The number of benzene rings is 2. The smallest absolute Gasteiger partial charge is 0.251 e. The maximum absolute atomic E-state index is 12.9. The van der Waals surface area contributed by atoms with Crippen molar-refractivity contribution in [3.05, 3.63) is 65.2 Å². The lowest BCUT2D eigenvalue weighted by Gasteiger charge is -2.27. The van der Waals surface area contributed by atoms with Crippen LogP contribution in [-0.2, 0) is 27.8 Å². The first kappa shape index (κ1) is 23.9. The van der Waals surface area contributed by atoms with Crippen LogP contribution >= 0.6 is 0 Å². The molecule has 2 aromatic carbocycles. The zero-order valence-electron chi connectivity index (χ0n) is 19.0. The van der Waals surface area contributed by atoms with E-state index in [1.54, 1.807) is 28.6 Å². The highest BCUT2D eigenvalue weighted by atomic mass is 32.2. The van der Waals surface area contributed by atoms with Crippen molar-refractivity contribution in [3.63, 3.8) is 0 Å². The summed E-state index contributed by atoms with van der Waals surface area (Å²) >= 11 is 0. The molecule has 1 N–H and O–H groups in total. The zero-order chi connectivity index (χ0) is 23.1. The van der Waals surface area contributed by atoms with Gasteiger partial charge in [-0.2, -0.15) is 4.31 Å². The number of morpholine rings is 1. The van der Waals surface area contributed by atoms with Gasteiger partial charge in [0.25, 0.3) is 5.91 Å². The molecule has 4 rings (SSSR count). The summed E-state index contributed by atoms with van der Waals surface area (Å²) in [7, 11) is -3.51. The Morgan fingerprint density at radius 2 is 1.48 bits per heavy atom. The van der Waals surface area contributed by atoms with Crippen LogP contribution in [0.3, 0.4) is 0 Å². The molecule has 2 fully saturated rings. The minimum atomic E-state index is -3.51. The van der Waals surface area contributed by atoms with Crippen LogP contribution in [0.1, 0.15) is 47.2 Å². The van der Waals surface area contributed by atoms with Crippen LogP contribution in [0.25, 0.3) is 0 Å². The van der Waals surface area contributed by atoms with Gasteiger partial charge in [-0.05, 0) is 48.2 Å². The van der Waals surface area contributed by atoms with Gasteiger partial charge < -0.3 is 10.1 Å². The van der Waals surface area contributed by atoms with Gasteiger partial charge in [-0.25, -0.2) is 8.42 Å². The Balaban J connectivity index is 1.37. The van der Waals surface area contributed by atoms with Gasteiger partial charge in [0, 0.05) is 44.8 Å². The topological polar surface area (TPSA) is 79.0 Å². The summed E-state index contributed by atoms with van der Waals surface area (Å²) in [5, 5.41) is 2.98. The molecule has 178 valence electrons. The van der Waals surface area contributed by atoms with Crippen molar-refractivity contribution >= 4 is 15.9 Å². The van der Waals surface area contributed by atoms with Crippen LogP contribution in [0.2, 0.25) is 0 Å². The number of carbonyl (C=O) groups is 1. The van der Waals surface area contributed by atoms with Crippen LogP contribution in [0, 0.1) is 0 Å². The third-order valence-electron chi connectivity index (χ3n) is 6.37. The molecule has 0 radical (unpaired) electrons. The van der Waals surface area contributed by atoms with Gasteiger partial charge in [0.15, 0.2) is 0 Å². The predicted molar refractivity (Wildman–Crippen MR) is 127 cm³/mol. The van der Waals surface area contributed by atoms with E-state index in [0.29, 0.717) is 25.2 Å². The highest BCUT2D eigenvalue weighted by Gasteiger charge is 2.25. The summed E-state index contributed by atoms with van der Waals surface area (Å²) < 4.78 is 32.9. The maximum atomic E-state index is 12.9. The van der Waals surface area contributed by atoms with Gasteiger partial charge in [-0.3, -0.25) is 9.69 Å². The molecule has 2 aromatic rings. The summed E-state index contributed by atoms with van der Waals surface area (Å²) in [4.78, 5) is 15.3. The molecular formula is C25H33N3O4S. The number of sulfonamides is 1. The number of nitrogens with zero attached hydrogens (tertiary/aromatic N) is 2. The minimum absolute atomic E-state index is 0.213. The van der Waals surface area contributed by atoms with E-state index in [0.717, 1.165) is 64.1 Å². The number of ether oxygens (including phenoxy) is 1. The van der Waals surface area contributed by atoms with Crippen molar-refractivity contribution in [1.29, 1.82) is 0 Å². The van der Waals surface area contributed by atoms with E-state index in [9.17, 15) is 13.2 Å². The lowest BCUT2D eigenvalue weighted by Crippen LogP contribution is -2.36. The molecule has 33 heavy (non-hydrogen) atoms. The lowest BCUT2D eigenvalue weighted by atomic mass is 10.1. The Bertz CT molecular complexity index is 1030. The first-order chi connectivity index (χ1) is 16.0. The molecular weight excluding hydrogens is 438 g/mol. The second-order valence-corrected chi connectivity index (χ2v) is 10.6. The highest BCUT2D eigenvalue weighted by Crippen LogP contribution is 2.21. The Hall–Kier alpha value is -2.26. The second-order valence-electron chi connectivity index (χ2n) is 8.68. The van der Waals surface area contributed by atoms with Gasteiger partial charge >= 0.3 is 0 Å². The quantitative estimate of drug-likeness (QED) is 0.672. The first-order valence-electron chi connectivity index (χ1n) is 11.8. The third kappa shape index (κ3) is 6.20. The van der Waals surface area contributed by atoms with Gasteiger partial charge in [0.05, 0.1) is 18.1 Å². The molecule has 2 heterocycles. The van der Waals surface area contributed by atoms with Gasteiger partial charge in [0.1, 0.15) is 0 Å². The fourth-order valence-electron chi connectivity index (χ4n) is 4.37. The molecule has 0 bridgehead atoms. The summed E-state index contributed by atoms with van der Waals surface area (Å²) in [5.41, 5.74) is 2.73.